The third-order valence-corrected chi connectivity index (χ3v) is 6.60. The Labute approximate surface area is 255 Å². The van der Waals surface area contributed by atoms with Crippen molar-refractivity contribution in [3.05, 3.63) is 100 Å². The minimum absolute atomic E-state index is 0.171. The van der Waals surface area contributed by atoms with Crippen LogP contribution in [-0.2, 0) is 12.8 Å². The number of hydrogen-bond donors (Lipinski definition) is 1. The van der Waals surface area contributed by atoms with Crippen molar-refractivity contribution in [3.63, 3.8) is 0 Å². The number of aryl methyl sites for hydroxylation is 3. The minimum atomic E-state index is -0.171. The second-order valence-electron chi connectivity index (χ2n) is 10.9. The van der Waals surface area contributed by atoms with Crippen LogP contribution in [0.1, 0.15) is 140 Å². The van der Waals surface area contributed by atoms with E-state index in [0.29, 0.717) is 5.92 Å². The molecule has 1 unspecified atom stereocenters. The summed E-state index contributed by atoms with van der Waals surface area (Å²) in [7, 11) is 0. The van der Waals surface area contributed by atoms with Gasteiger partial charge in [0.05, 0.1) is 0 Å². The molecular formula is C39H64FN. The molecule has 2 heteroatoms. The number of rotatable bonds is 9. The molecule has 2 N–H and O–H groups in total. The van der Waals surface area contributed by atoms with E-state index in [-0.39, 0.29) is 5.82 Å². The molecule has 232 valence electrons. The largest absolute Gasteiger partial charge is 0.399 e. The van der Waals surface area contributed by atoms with Gasteiger partial charge in [0.1, 0.15) is 5.82 Å². The molecule has 0 heterocycles. The molecule has 0 fully saturated rings. The molecule has 0 amide bonds. The second kappa shape index (κ2) is 27.6. The van der Waals surface area contributed by atoms with Crippen molar-refractivity contribution in [2.24, 2.45) is 0 Å². The normalized spacial score (nSPS) is 10.3. The first-order chi connectivity index (χ1) is 19.6. The first-order valence-corrected chi connectivity index (χ1v) is 16.3. The van der Waals surface area contributed by atoms with Gasteiger partial charge in [0.2, 0.25) is 0 Å². The predicted molar refractivity (Wildman–Crippen MR) is 186 cm³/mol. The fraction of sp³-hybridized carbons (Fsp3) is 0.538. The maximum atomic E-state index is 12.1. The number of nitrogens with two attached hydrogens (primary N) is 1. The minimum Gasteiger partial charge on any atom is -0.399 e. The molecule has 0 saturated heterocycles. The van der Waals surface area contributed by atoms with Crippen LogP contribution in [0.4, 0.5) is 10.1 Å². The molecule has 0 bridgehead atoms. The highest BCUT2D eigenvalue weighted by Crippen LogP contribution is 2.26. The number of unbranched alkanes of at least 4 members (excludes halogenated alkanes) is 4. The summed E-state index contributed by atoms with van der Waals surface area (Å²) < 4.78 is 12.1. The maximum absolute atomic E-state index is 12.1. The third kappa shape index (κ3) is 22.7. The highest BCUT2D eigenvalue weighted by Gasteiger charge is 2.11. The molecule has 3 aromatic carbocycles. The van der Waals surface area contributed by atoms with Gasteiger partial charge in [-0.25, -0.2) is 4.39 Å². The molecule has 1 nitrogen and oxygen atoms in total. The zero-order chi connectivity index (χ0) is 31.5. The SMILES string of the molecule is CCCC.CCCC.CCCCC.CCCc1cc(N)ccc1C(C)Cc1ccc(C)cc1.Cc1ccc(F)cc1. The molecule has 0 saturated carbocycles. The van der Waals surface area contributed by atoms with Crippen LogP contribution >= 0.6 is 0 Å². The van der Waals surface area contributed by atoms with E-state index in [1.54, 1.807) is 12.1 Å². The summed E-state index contributed by atoms with van der Waals surface area (Å²) in [6.07, 6.45) is 12.7. The second-order valence-corrected chi connectivity index (χ2v) is 10.9. The topological polar surface area (TPSA) is 26.0 Å². The van der Waals surface area contributed by atoms with Crippen molar-refractivity contribution in [3.8, 4) is 0 Å². The van der Waals surface area contributed by atoms with Gasteiger partial charge in [0.15, 0.2) is 0 Å². The van der Waals surface area contributed by atoms with Crippen LogP contribution in [0.15, 0.2) is 66.7 Å². The molecule has 41 heavy (non-hydrogen) atoms. The first kappa shape index (κ1) is 40.5. The number of nitrogen functional groups attached to an aromatic ring is 1. The van der Waals surface area contributed by atoms with Crippen LogP contribution in [0.2, 0.25) is 0 Å². The van der Waals surface area contributed by atoms with E-state index in [4.69, 9.17) is 5.73 Å². The summed E-state index contributed by atoms with van der Waals surface area (Å²) in [6.45, 7) is 21.7. The highest BCUT2D eigenvalue weighted by atomic mass is 19.1. The Morgan fingerprint density at radius 2 is 1.07 bits per heavy atom. The third-order valence-electron chi connectivity index (χ3n) is 6.60. The lowest BCUT2D eigenvalue weighted by Gasteiger charge is -2.17. The van der Waals surface area contributed by atoms with Crippen LogP contribution in [-0.4, -0.2) is 0 Å². The van der Waals surface area contributed by atoms with Crippen molar-refractivity contribution in [1.82, 2.24) is 0 Å². The monoisotopic (exact) mass is 566 g/mol. The predicted octanol–water partition coefficient (Wildman–Crippen LogP) is 12.8. The zero-order valence-corrected chi connectivity index (χ0v) is 28.5. The molecule has 0 aliphatic rings. The average molecular weight is 566 g/mol. The van der Waals surface area contributed by atoms with Crippen molar-refractivity contribution in [1.29, 1.82) is 0 Å². The van der Waals surface area contributed by atoms with E-state index in [2.05, 4.69) is 98.7 Å². The standard InChI is InChI=1S/C19H25N.C7H7F.C5H12.2C4H10/c1-4-5-17-13-18(20)10-11-19(17)15(3)12-16-8-6-14(2)7-9-16;1-6-2-4-7(8)5-3-6;1-3-5-4-2;2*1-3-4-2/h6-11,13,15H,4-5,12,20H2,1-3H3;2-5H,1H3;3-5H2,1-2H3;2*3-4H2,1-2H3. The maximum Gasteiger partial charge on any atom is 0.123 e. The lowest BCUT2D eigenvalue weighted by molar-refractivity contribution is 0.627. The summed E-state index contributed by atoms with van der Waals surface area (Å²) in [5.41, 5.74) is 13.5. The fourth-order valence-corrected chi connectivity index (χ4v) is 3.67. The van der Waals surface area contributed by atoms with Crippen LogP contribution in [0.25, 0.3) is 0 Å². The first-order valence-electron chi connectivity index (χ1n) is 16.3. The van der Waals surface area contributed by atoms with Crippen LogP contribution in [0.5, 0.6) is 0 Å². The van der Waals surface area contributed by atoms with Crippen molar-refractivity contribution >= 4 is 5.69 Å². The summed E-state index contributed by atoms with van der Waals surface area (Å²) in [4.78, 5) is 0. The smallest absolute Gasteiger partial charge is 0.123 e. The Balaban J connectivity index is 0. The van der Waals surface area contributed by atoms with E-state index in [0.717, 1.165) is 30.5 Å². The average Bonchev–Trinajstić information content (AvgIpc) is 2.97. The molecule has 1 atom stereocenters. The van der Waals surface area contributed by atoms with E-state index >= 15 is 0 Å². The lowest BCUT2D eigenvalue weighted by Crippen LogP contribution is -2.04. The number of hydrogen-bond acceptors (Lipinski definition) is 1. The molecule has 0 aliphatic heterocycles. The van der Waals surface area contributed by atoms with Gasteiger partial charge in [-0.05, 0) is 73.6 Å². The van der Waals surface area contributed by atoms with Crippen molar-refractivity contribution in [2.75, 3.05) is 5.73 Å². The Morgan fingerprint density at radius 1 is 0.610 bits per heavy atom. The van der Waals surface area contributed by atoms with Gasteiger partial charge in [0.25, 0.3) is 0 Å². The van der Waals surface area contributed by atoms with Gasteiger partial charge in [-0.15, -0.1) is 0 Å². The summed E-state index contributed by atoms with van der Waals surface area (Å²) in [6, 6.07) is 21.6. The van der Waals surface area contributed by atoms with E-state index in [1.165, 1.54) is 79.3 Å². The van der Waals surface area contributed by atoms with Gasteiger partial charge in [0, 0.05) is 5.69 Å². The van der Waals surface area contributed by atoms with Crippen LogP contribution in [0.3, 0.4) is 0 Å². The number of anilines is 1. The summed E-state index contributed by atoms with van der Waals surface area (Å²) in [5.74, 6) is 0.357. The fourth-order valence-electron chi connectivity index (χ4n) is 3.67. The van der Waals surface area contributed by atoms with Crippen LogP contribution in [0, 0.1) is 19.7 Å². The van der Waals surface area contributed by atoms with Gasteiger partial charge in [-0.2, -0.15) is 0 Å². The van der Waals surface area contributed by atoms with E-state index < -0.39 is 0 Å². The lowest BCUT2D eigenvalue weighted by atomic mass is 9.88. The number of halogens is 1. The number of benzene rings is 3. The Kier molecular flexibility index (Phi) is 27.2. The molecule has 0 radical (unpaired) electrons. The molecule has 3 rings (SSSR count). The van der Waals surface area contributed by atoms with E-state index in [9.17, 15) is 4.39 Å². The molecule has 0 spiro atoms. The summed E-state index contributed by atoms with van der Waals surface area (Å²) in [5, 5.41) is 0. The van der Waals surface area contributed by atoms with Gasteiger partial charge in [-0.3, -0.25) is 0 Å². The highest BCUT2D eigenvalue weighted by molar-refractivity contribution is 5.46. The van der Waals surface area contributed by atoms with Gasteiger partial charge >= 0.3 is 0 Å². The Bertz CT molecular complexity index is 929. The molecular weight excluding hydrogens is 501 g/mol. The van der Waals surface area contributed by atoms with Crippen molar-refractivity contribution < 1.29 is 4.39 Å². The zero-order valence-electron chi connectivity index (χ0n) is 28.5. The summed E-state index contributed by atoms with van der Waals surface area (Å²) >= 11 is 0. The molecule has 0 aromatic heterocycles. The van der Waals surface area contributed by atoms with Gasteiger partial charge in [-0.1, -0.05) is 160 Å². The molecule has 3 aromatic rings. The Morgan fingerprint density at radius 3 is 1.44 bits per heavy atom. The van der Waals surface area contributed by atoms with Gasteiger partial charge < -0.3 is 5.73 Å². The quantitative estimate of drug-likeness (QED) is 0.257. The van der Waals surface area contributed by atoms with E-state index in [1.807, 2.05) is 13.0 Å². The molecule has 0 aliphatic carbocycles. The Hall–Kier alpha value is -2.61. The van der Waals surface area contributed by atoms with Crippen molar-refractivity contribution in [2.45, 2.75) is 139 Å². The van der Waals surface area contributed by atoms with Crippen LogP contribution < -0.4 is 5.73 Å².